The first-order valence-corrected chi connectivity index (χ1v) is 11.5. The fourth-order valence-corrected chi connectivity index (χ4v) is 5.49. The first kappa shape index (κ1) is 19.1. The van der Waals surface area contributed by atoms with Crippen molar-refractivity contribution >= 4 is 56.2 Å². The van der Waals surface area contributed by atoms with Gasteiger partial charge in [0.1, 0.15) is 18.2 Å². The molecular formula is C19H19N5OS3. The number of carbonyl (C=O) groups excluding carboxylic acids is 1. The number of aromatic nitrogens is 4. The maximum absolute atomic E-state index is 12.7. The number of thiazole rings is 1. The number of thiophene rings is 1. The Balaban J connectivity index is 1.43. The Morgan fingerprint density at radius 2 is 2.21 bits per heavy atom. The average molecular weight is 430 g/mol. The minimum atomic E-state index is -0.832. The molecule has 0 atom stereocenters. The highest BCUT2D eigenvalue weighted by molar-refractivity contribution is 8.01. The number of anilines is 1. The number of hydrogen-bond donors (Lipinski definition) is 1. The van der Waals surface area contributed by atoms with E-state index in [4.69, 9.17) is 4.98 Å². The van der Waals surface area contributed by atoms with Crippen LogP contribution in [0.5, 0.6) is 0 Å². The second-order valence-corrected chi connectivity index (χ2v) is 9.90. The third-order valence-electron chi connectivity index (χ3n) is 4.37. The molecule has 3 heterocycles. The molecule has 6 nitrogen and oxygen atoms in total. The van der Waals surface area contributed by atoms with Crippen molar-refractivity contribution in [2.45, 2.75) is 30.1 Å². The molecule has 4 aromatic rings. The van der Waals surface area contributed by atoms with Crippen LogP contribution in [-0.4, -0.2) is 31.4 Å². The third-order valence-corrected chi connectivity index (χ3v) is 7.27. The van der Waals surface area contributed by atoms with Gasteiger partial charge in [-0.25, -0.2) is 14.6 Å². The molecule has 144 valence electrons. The number of rotatable bonds is 7. The Kier molecular flexibility index (Phi) is 5.47. The molecule has 0 aliphatic heterocycles. The van der Waals surface area contributed by atoms with Crippen LogP contribution in [0.25, 0.3) is 10.2 Å². The van der Waals surface area contributed by atoms with Crippen LogP contribution in [0.3, 0.4) is 0 Å². The lowest BCUT2D eigenvalue weighted by atomic mass is 10.1. The monoisotopic (exact) mass is 429 g/mol. The summed E-state index contributed by atoms with van der Waals surface area (Å²) < 4.78 is 3.67. The van der Waals surface area contributed by atoms with Crippen molar-refractivity contribution in [1.82, 2.24) is 19.7 Å². The van der Waals surface area contributed by atoms with E-state index in [-0.39, 0.29) is 5.91 Å². The van der Waals surface area contributed by atoms with E-state index in [0.29, 0.717) is 0 Å². The molecule has 3 aromatic heterocycles. The van der Waals surface area contributed by atoms with Crippen molar-refractivity contribution in [1.29, 1.82) is 0 Å². The Bertz CT molecular complexity index is 1070. The second-order valence-electron chi connectivity index (χ2n) is 6.75. The van der Waals surface area contributed by atoms with Crippen LogP contribution in [0, 0.1) is 0 Å². The summed E-state index contributed by atoms with van der Waals surface area (Å²) in [6.45, 7) is 3.62. The molecule has 0 aliphatic rings. The van der Waals surface area contributed by atoms with Gasteiger partial charge in [-0.3, -0.25) is 4.79 Å². The van der Waals surface area contributed by atoms with Gasteiger partial charge in [0.05, 0.1) is 10.2 Å². The highest BCUT2D eigenvalue weighted by Gasteiger charge is 2.30. The summed E-state index contributed by atoms with van der Waals surface area (Å²) in [7, 11) is 0. The van der Waals surface area contributed by atoms with Gasteiger partial charge in [0, 0.05) is 11.4 Å². The van der Waals surface area contributed by atoms with Crippen molar-refractivity contribution in [3.05, 3.63) is 53.2 Å². The van der Waals surface area contributed by atoms with E-state index in [2.05, 4.69) is 32.2 Å². The molecule has 0 radical (unpaired) electrons. The van der Waals surface area contributed by atoms with Crippen LogP contribution in [0.2, 0.25) is 0 Å². The Morgan fingerprint density at radius 1 is 1.32 bits per heavy atom. The van der Waals surface area contributed by atoms with Crippen LogP contribution in [0.4, 0.5) is 5.69 Å². The predicted octanol–water partition coefficient (Wildman–Crippen LogP) is 4.66. The Morgan fingerprint density at radius 3 is 2.96 bits per heavy atom. The van der Waals surface area contributed by atoms with Crippen LogP contribution in [0.15, 0.2) is 52.0 Å². The molecule has 0 aliphatic carbocycles. The van der Waals surface area contributed by atoms with E-state index < -0.39 is 5.54 Å². The number of amides is 1. The number of fused-ring (bicyclic) bond motifs is 1. The zero-order valence-electron chi connectivity index (χ0n) is 15.5. The van der Waals surface area contributed by atoms with Crippen LogP contribution in [0.1, 0.15) is 19.4 Å². The van der Waals surface area contributed by atoms with Gasteiger partial charge in [0.15, 0.2) is 4.34 Å². The smallest absolute Gasteiger partial charge is 0.251 e. The van der Waals surface area contributed by atoms with Gasteiger partial charge in [-0.15, -0.1) is 11.3 Å². The number of thioether (sulfide) groups is 1. The Labute approximate surface area is 175 Å². The highest BCUT2D eigenvalue weighted by Crippen LogP contribution is 2.32. The summed E-state index contributed by atoms with van der Waals surface area (Å²) in [5.74, 6) is 0.860. The van der Waals surface area contributed by atoms with Crippen LogP contribution < -0.4 is 5.32 Å². The maximum atomic E-state index is 12.7. The van der Waals surface area contributed by atoms with E-state index in [0.717, 1.165) is 32.4 Å². The SMILES string of the molecule is CC(C)(C(=O)Nc1ccc2nc(SCCc3ccsc3)sc2c1)n1cncn1. The topological polar surface area (TPSA) is 72.7 Å². The van der Waals surface area contributed by atoms with E-state index in [1.165, 1.54) is 11.9 Å². The molecule has 0 bridgehead atoms. The summed E-state index contributed by atoms with van der Waals surface area (Å²) in [6.07, 6.45) is 4.02. The summed E-state index contributed by atoms with van der Waals surface area (Å²) in [4.78, 5) is 21.3. The first-order chi connectivity index (χ1) is 13.5. The zero-order chi connectivity index (χ0) is 19.6. The van der Waals surface area contributed by atoms with Gasteiger partial charge in [-0.1, -0.05) is 11.8 Å². The zero-order valence-corrected chi connectivity index (χ0v) is 17.9. The minimum Gasteiger partial charge on any atom is -0.324 e. The van der Waals surface area contributed by atoms with E-state index in [1.807, 2.05) is 32.0 Å². The molecule has 0 saturated heterocycles. The molecular weight excluding hydrogens is 410 g/mol. The lowest BCUT2D eigenvalue weighted by Gasteiger charge is -2.23. The number of hydrogen-bond acceptors (Lipinski definition) is 7. The number of carbonyl (C=O) groups is 1. The van der Waals surface area contributed by atoms with Gasteiger partial charge in [0.25, 0.3) is 5.91 Å². The Hall–Kier alpha value is -2.23. The number of aryl methyl sites for hydroxylation is 1. The fourth-order valence-electron chi connectivity index (χ4n) is 2.62. The predicted molar refractivity (Wildman–Crippen MR) is 116 cm³/mol. The molecule has 1 N–H and O–H groups in total. The van der Waals surface area contributed by atoms with Gasteiger partial charge in [-0.05, 0) is 60.9 Å². The summed E-state index contributed by atoms with van der Waals surface area (Å²) in [5, 5.41) is 11.4. The first-order valence-electron chi connectivity index (χ1n) is 8.73. The van der Waals surface area contributed by atoms with Gasteiger partial charge < -0.3 is 5.32 Å². The van der Waals surface area contributed by atoms with Gasteiger partial charge >= 0.3 is 0 Å². The van der Waals surface area contributed by atoms with Crippen LogP contribution >= 0.6 is 34.4 Å². The second kappa shape index (κ2) is 8.02. The third kappa shape index (κ3) is 4.11. The summed E-state index contributed by atoms with van der Waals surface area (Å²) >= 11 is 5.16. The number of nitrogens with one attached hydrogen (secondary N) is 1. The molecule has 28 heavy (non-hydrogen) atoms. The molecule has 1 amide bonds. The molecule has 4 rings (SSSR count). The molecule has 1 aromatic carbocycles. The normalized spacial score (nSPS) is 11.8. The highest BCUT2D eigenvalue weighted by atomic mass is 32.2. The van der Waals surface area contributed by atoms with Crippen molar-refractivity contribution in [3.8, 4) is 0 Å². The van der Waals surface area contributed by atoms with E-state index in [9.17, 15) is 4.79 Å². The van der Waals surface area contributed by atoms with E-state index >= 15 is 0 Å². The number of nitrogens with zero attached hydrogens (tertiary/aromatic N) is 4. The van der Waals surface area contributed by atoms with Crippen LogP contribution in [-0.2, 0) is 16.8 Å². The maximum Gasteiger partial charge on any atom is 0.251 e. The fraction of sp³-hybridized carbons (Fsp3) is 0.263. The summed E-state index contributed by atoms with van der Waals surface area (Å²) in [5.41, 5.74) is 2.25. The molecule has 0 fully saturated rings. The van der Waals surface area contributed by atoms with E-state index in [1.54, 1.807) is 45.4 Å². The van der Waals surface area contributed by atoms with Gasteiger partial charge in [-0.2, -0.15) is 16.4 Å². The molecule has 0 spiro atoms. The molecule has 0 unspecified atom stereocenters. The molecule has 0 saturated carbocycles. The lowest BCUT2D eigenvalue weighted by Crippen LogP contribution is -2.40. The minimum absolute atomic E-state index is 0.146. The largest absolute Gasteiger partial charge is 0.324 e. The van der Waals surface area contributed by atoms with Gasteiger partial charge in [0.2, 0.25) is 0 Å². The van der Waals surface area contributed by atoms with Crippen molar-refractivity contribution < 1.29 is 4.79 Å². The van der Waals surface area contributed by atoms with Crippen molar-refractivity contribution in [2.75, 3.05) is 11.1 Å². The molecule has 9 heteroatoms. The summed E-state index contributed by atoms with van der Waals surface area (Å²) in [6, 6.07) is 7.98. The van der Waals surface area contributed by atoms with Crippen molar-refractivity contribution in [3.63, 3.8) is 0 Å². The average Bonchev–Trinajstić information content (AvgIpc) is 3.43. The quantitative estimate of drug-likeness (QED) is 0.433. The standard InChI is InChI=1S/C19H19N5OS3/c1-19(2,24-12-20-11-21-24)17(25)22-14-3-4-15-16(9-14)28-18(23-15)27-8-6-13-5-7-26-10-13/h3-5,7,9-12H,6,8H2,1-2H3,(H,22,25). The number of benzene rings is 1. The lowest BCUT2D eigenvalue weighted by molar-refractivity contribution is -0.123. The van der Waals surface area contributed by atoms with Crippen molar-refractivity contribution in [2.24, 2.45) is 0 Å².